The number of carbonyl (C=O) groups excluding carboxylic acids is 1. The summed E-state index contributed by atoms with van der Waals surface area (Å²) in [6.07, 6.45) is 0. The van der Waals surface area contributed by atoms with Crippen LogP contribution in [0.1, 0.15) is 45.4 Å². The Morgan fingerprint density at radius 2 is 1.79 bits per heavy atom. The van der Waals surface area contributed by atoms with Gasteiger partial charge in [-0.25, -0.2) is 0 Å². The topological polar surface area (TPSA) is 32.8 Å². The first-order chi connectivity index (χ1) is 16.4. The largest absolute Gasteiger partial charge is 0.496 e. The highest BCUT2D eigenvalue weighted by Crippen LogP contribution is 2.39. The molecule has 3 aromatic rings. The Morgan fingerprint density at radius 1 is 1.06 bits per heavy atom. The maximum atomic E-state index is 13.5. The van der Waals surface area contributed by atoms with Crippen molar-refractivity contribution in [3.05, 3.63) is 87.6 Å². The smallest absolute Gasteiger partial charge is 0.253 e. The van der Waals surface area contributed by atoms with Gasteiger partial charge < -0.3 is 9.64 Å². The lowest BCUT2D eigenvalue weighted by atomic mass is 9.87. The average molecular weight is 477 g/mol. The number of carbonyl (C=O) groups is 1. The predicted molar refractivity (Wildman–Crippen MR) is 141 cm³/mol. The van der Waals surface area contributed by atoms with Crippen molar-refractivity contribution in [3.8, 4) is 5.75 Å². The molecule has 1 aromatic heterocycles. The number of amides is 1. The van der Waals surface area contributed by atoms with E-state index in [0.29, 0.717) is 17.8 Å². The van der Waals surface area contributed by atoms with Crippen molar-refractivity contribution < 1.29 is 9.53 Å². The van der Waals surface area contributed by atoms with Gasteiger partial charge in [0, 0.05) is 54.0 Å². The van der Waals surface area contributed by atoms with Gasteiger partial charge in [0.25, 0.3) is 5.91 Å². The minimum absolute atomic E-state index is 0.125. The molecule has 1 aliphatic rings. The number of benzene rings is 2. The van der Waals surface area contributed by atoms with E-state index >= 15 is 0 Å². The molecule has 1 amide bonds. The molecule has 0 aliphatic carbocycles. The Kier molecular flexibility index (Phi) is 8.07. The third kappa shape index (κ3) is 5.89. The number of methoxy groups -OCH3 is 1. The first kappa shape index (κ1) is 24.5. The number of rotatable bonds is 9. The molecule has 1 aliphatic heterocycles. The number of ether oxygens (including phenoxy) is 1. The molecule has 0 radical (unpaired) electrons. The van der Waals surface area contributed by atoms with Gasteiger partial charge in [-0.3, -0.25) is 9.69 Å². The van der Waals surface area contributed by atoms with E-state index in [-0.39, 0.29) is 5.91 Å². The molecular weight excluding hydrogens is 440 g/mol. The quantitative estimate of drug-likeness (QED) is 0.375. The van der Waals surface area contributed by atoms with E-state index in [0.717, 1.165) is 44.0 Å². The lowest BCUT2D eigenvalue weighted by Crippen LogP contribution is -2.39. The van der Waals surface area contributed by atoms with Gasteiger partial charge in [0.05, 0.1) is 7.11 Å². The van der Waals surface area contributed by atoms with E-state index in [9.17, 15) is 4.79 Å². The van der Waals surface area contributed by atoms with E-state index in [4.69, 9.17) is 4.74 Å². The highest BCUT2D eigenvalue weighted by molar-refractivity contribution is 7.11. The summed E-state index contributed by atoms with van der Waals surface area (Å²) in [5, 5.41) is 0. The van der Waals surface area contributed by atoms with Crippen LogP contribution in [0.2, 0.25) is 0 Å². The van der Waals surface area contributed by atoms with E-state index in [1.165, 1.54) is 15.3 Å². The van der Waals surface area contributed by atoms with Gasteiger partial charge in [-0.1, -0.05) is 50.2 Å². The molecule has 4 rings (SSSR count). The molecule has 180 valence electrons. The number of para-hydroxylation sites is 1. The third-order valence-corrected chi connectivity index (χ3v) is 7.56. The summed E-state index contributed by atoms with van der Waals surface area (Å²) in [7, 11) is 1.75. The van der Waals surface area contributed by atoms with Gasteiger partial charge in [0.1, 0.15) is 5.75 Å². The Balaban J connectivity index is 1.61. The van der Waals surface area contributed by atoms with E-state index in [1.807, 2.05) is 47.7 Å². The lowest BCUT2D eigenvalue weighted by Gasteiger charge is -2.30. The fraction of sp³-hybridized carbons (Fsp3) is 0.414. The zero-order valence-corrected chi connectivity index (χ0v) is 21.6. The Bertz CT molecular complexity index is 1080. The molecule has 0 N–H and O–H groups in total. The summed E-state index contributed by atoms with van der Waals surface area (Å²) < 4.78 is 5.75. The van der Waals surface area contributed by atoms with Crippen LogP contribution in [-0.4, -0.2) is 49.0 Å². The monoisotopic (exact) mass is 476 g/mol. The molecule has 0 unspecified atom stereocenters. The first-order valence-electron chi connectivity index (χ1n) is 12.2. The average Bonchev–Trinajstić information content (AvgIpc) is 3.43. The second kappa shape index (κ2) is 11.2. The minimum Gasteiger partial charge on any atom is -0.496 e. The van der Waals surface area contributed by atoms with Crippen LogP contribution in [0.4, 0.5) is 0 Å². The summed E-state index contributed by atoms with van der Waals surface area (Å²) >= 11 is 1.87. The summed E-state index contributed by atoms with van der Waals surface area (Å²) in [6, 6.07) is 22.5. The SMILES string of the molecule is COc1ccccc1[C@@H]1CN(Cc2ccc(C)s2)C[C@H]1CN(CC(C)C)C(=O)c1ccccc1. The summed E-state index contributed by atoms with van der Waals surface area (Å²) in [4.78, 5) is 20.9. The van der Waals surface area contributed by atoms with Crippen molar-refractivity contribution in [3.63, 3.8) is 0 Å². The number of thiophene rings is 1. The number of hydrogen-bond acceptors (Lipinski definition) is 4. The maximum Gasteiger partial charge on any atom is 0.253 e. The molecule has 0 bridgehead atoms. The van der Waals surface area contributed by atoms with Crippen molar-refractivity contribution >= 4 is 17.2 Å². The van der Waals surface area contributed by atoms with Crippen LogP contribution in [-0.2, 0) is 6.54 Å². The van der Waals surface area contributed by atoms with Crippen molar-refractivity contribution in [1.82, 2.24) is 9.80 Å². The van der Waals surface area contributed by atoms with E-state index in [2.05, 4.69) is 60.9 Å². The van der Waals surface area contributed by atoms with Crippen LogP contribution in [0.5, 0.6) is 5.75 Å². The molecule has 0 saturated carbocycles. The molecule has 1 fully saturated rings. The molecule has 5 heteroatoms. The standard InChI is InChI=1S/C29H36N2O2S/c1-21(2)16-31(29(32)23-10-6-5-7-11-23)18-24-17-30(19-25-15-14-22(3)34-25)20-27(24)26-12-8-9-13-28(26)33-4/h5-15,21,24,27H,16-20H2,1-4H3/t24-,27+/m0/s1. The van der Waals surface area contributed by atoms with E-state index in [1.54, 1.807) is 7.11 Å². The summed E-state index contributed by atoms with van der Waals surface area (Å²) in [6.45, 7) is 10.9. The number of nitrogens with zero attached hydrogens (tertiary/aromatic N) is 2. The Hall–Kier alpha value is -2.63. The fourth-order valence-electron chi connectivity index (χ4n) is 5.12. The fourth-order valence-corrected chi connectivity index (χ4v) is 6.05. The number of hydrogen-bond donors (Lipinski definition) is 0. The van der Waals surface area contributed by atoms with Crippen LogP contribution < -0.4 is 4.74 Å². The maximum absolute atomic E-state index is 13.5. The van der Waals surface area contributed by atoms with Crippen molar-refractivity contribution in [2.75, 3.05) is 33.3 Å². The Labute approximate surface area is 208 Å². The highest BCUT2D eigenvalue weighted by Gasteiger charge is 2.37. The third-order valence-electron chi connectivity index (χ3n) is 6.58. The van der Waals surface area contributed by atoms with Crippen LogP contribution >= 0.6 is 11.3 Å². The molecule has 1 saturated heterocycles. The van der Waals surface area contributed by atoms with Crippen LogP contribution in [0, 0.1) is 18.8 Å². The van der Waals surface area contributed by atoms with Gasteiger partial charge in [0.15, 0.2) is 0 Å². The van der Waals surface area contributed by atoms with Crippen LogP contribution in [0.25, 0.3) is 0 Å². The molecule has 2 heterocycles. The molecule has 2 atom stereocenters. The molecular formula is C29H36N2O2S. The summed E-state index contributed by atoms with van der Waals surface area (Å²) in [5.41, 5.74) is 2.01. The second-order valence-corrected chi connectivity index (χ2v) is 11.2. The molecule has 2 aromatic carbocycles. The van der Waals surface area contributed by atoms with Gasteiger partial charge in [-0.05, 0) is 54.7 Å². The zero-order chi connectivity index (χ0) is 24.1. The molecule has 0 spiro atoms. The highest BCUT2D eigenvalue weighted by atomic mass is 32.1. The molecule has 4 nitrogen and oxygen atoms in total. The minimum atomic E-state index is 0.125. The number of aryl methyl sites for hydroxylation is 1. The van der Waals surface area contributed by atoms with E-state index < -0.39 is 0 Å². The van der Waals surface area contributed by atoms with Gasteiger partial charge in [-0.15, -0.1) is 11.3 Å². The second-order valence-electron chi connectivity index (χ2n) is 9.78. The van der Waals surface area contributed by atoms with Crippen molar-refractivity contribution in [1.29, 1.82) is 0 Å². The number of likely N-dealkylation sites (tertiary alicyclic amines) is 1. The van der Waals surface area contributed by atoms with Crippen LogP contribution in [0.15, 0.2) is 66.7 Å². The first-order valence-corrected chi connectivity index (χ1v) is 13.0. The normalized spacial score (nSPS) is 18.4. The summed E-state index contributed by atoms with van der Waals surface area (Å²) in [5.74, 6) is 2.12. The van der Waals surface area contributed by atoms with Crippen molar-refractivity contribution in [2.45, 2.75) is 33.2 Å². The lowest BCUT2D eigenvalue weighted by molar-refractivity contribution is 0.0703. The van der Waals surface area contributed by atoms with Crippen molar-refractivity contribution in [2.24, 2.45) is 11.8 Å². The van der Waals surface area contributed by atoms with Crippen LogP contribution in [0.3, 0.4) is 0 Å². The van der Waals surface area contributed by atoms with Gasteiger partial charge in [0.2, 0.25) is 0 Å². The molecule has 34 heavy (non-hydrogen) atoms. The van der Waals surface area contributed by atoms with Gasteiger partial charge in [-0.2, -0.15) is 0 Å². The van der Waals surface area contributed by atoms with Gasteiger partial charge >= 0.3 is 0 Å². The Morgan fingerprint density at radius 3 is 2.47 bits per heavy atom. The predicted octanol–water partition coefficient (Wildman–Crippen LogP) is 6.08. The zero-order valence-electron chi connectivity index (χ0n) is 20.7.